The summed E-state index contributed by atoms with van der Waals surface area (Å²) in [6.07, 6.45) is 16.7. The molecule has 0 aliphatic rings. The van der Waals surface area contributed by atoms with Crippen LogP contribution in [-0.4, -0.2) is 49.1 Å². The molecule has 0 atom stereocenters. The maximum atomic E-state index is 2.65. The summed E-state index contributed by atoms with van der Waals surface area (Å²) in [5.41, 5.74) is 0. The highest BCUT2D eigenvalue weighted by Gasteiger charge is 2.03. The van der Waals surface area contributed by atoms with Gasteiger partial charge in [0.1, 0.15) is 0 Å². The Balaban J connectivity index is 3.38. The average Bonchev–Trinajstić information content (AvgIpc) is 2.57. The van der Waals surface area contributed by atoms with Gasteiger partial charge >= 0.3 is 0 Å². The predicted molar refractivity (Wildman–Crippen MR) is 111 cm³/mol. The molecule has 0 aliphatic heterocycles. The minimum Gasteiger partial charge on any atom is -0.303 e. The fourth-order valence-electron chi connectivity index (χ4n) is 3.67. The predicted octanol–water partition coefficient (Wildman–Crippen LogP) is 6.35. The summed E-state index contributed by atoms with van der Waals surface area (Å²) in [4.78, 5) is 5.30. The van der Waals surface area contributed by atoms with Gasteiger partial charge in [-0.2, -0.15) is 0 Å². The lowest BCUT2D eigenvalue weighted by Crippen LogP contribution is -2.26. The molecule has 24 heavy (non-hydrogen) atoms. The lowest BCUT2D eigenvalue weighted by Gasteiger charge is -2.20. The third kappa shape index (κ3) is 15.4. The molecule has 0 aromatic rings. The third-order valence-electron chi connectivity index (χ3n) is 4.86. The standard InChI is InChI=1S/C22H48N2/c1-5-17-23(18-6-2)21-15-13-11-9-10-12-14-16-22-24(19-7-3)20-8-4/h5-22H2,1-4H3. The number of hydrogen-bond donors (Lipinski definition) is 0. The Kier molecular flexibility index (Phi) is 19.2. The third-order valence-corrected chi connectivity index (χ3v) is 4.86. The molecule has 0 saturated heterocycles. The van der Waals surface area contributed by atoms with Crippen molar-refractivity contribution in [1.82, 2.24) is 9.80 Å². The number of unbranched alkanes of at least 4 members (excludes halogenated alkanes) is 7. The van der Waals surface area contributed by atoms with Crippen LogP contribution in [0, 0.1) is 0 Å². The van der Waals surface area contributed by atoms with Crippen LogP contribution in [0.15, 0.2) is 0 Å². The van der Waals surface area contributed by atoms with E-state index in [1.54, 1.807) is 0 Å². The summed E-state index contributed by atoms with van der Waals surface area (Å²) in [6.45, 7) is 17.0. The molecule has 0 radical (unpaired) electrons. The lowest BCUT2D eigenvalue weighted by atomic mass is 10.1. The second-order valence-electron chi connectivity index (χ2n) is 7.51. The van der Waals surface area contributed by atoms with Crippen LogP contribution in [0.3, 0.4) is 0 Å². The van der Waals surface area contributed by atoms with E-state index in [2.05, 4.69) is 37.5 Å². The molecule has 2 nitrogen and oxygen atoms in total. The van der Waals surface area contributed by atoms with E-state index in [1.807, 2.05) is 0 Å². The smallest absolute Gasteiger partial charge is 0.00187 e. The first-order valence-corrected chi connectivity index (χ1v) is 11.2. The Bertz CT molecular complexity index is 194. The topological polar surface area (TPSA) is 6.48 Å². The first kappa shape index (κ1) is 23.9. The maximum absolute atomic E-state index is 2.65. The van der Waals surface area contributed by atoms with Crippen molar-refractivity contribution >= 4 is 0 Å². The van der Waals surface area contributed by atoms with Gasteiger partial charge in [0.05, 0.1) is 0 Å². The van der Waals surface area contributed by atoms with E-state index in [0.717, 1.165) is 0 Å². The Morgan fingerprint density at radius 1 is 0.333 bits per heavy atom. The molecule has 0 N–H and O–H groups in total. The molecule has 0 amide bonds. The summed E-state index contributed by atoms with van der Waals surface area (Å²) in [5, 5.41) is 0. The summed E-state index contributed by atoms with van der Waals surface area (Å²) in [6, 6.07) is 0. The van der Waals surface area contributed by atoms with E-state index < -0.39 is 0 Å². The van der Waals surface area contributed by atoms with Crippen LogP contribution in [0.4, 0.5) is 0 Å². The van der Waals surface area contributed by atoms with Gasteiger partial charge in [0.2, 0.25) is 0 Å². The number of rotatable bonds is 19. The molecular weight excluding hydrogens is 292 g/mol. The van der Waals surface area contributed by atoms with E-state index in [-0.39, 0.29) is 0 Å². The van der Waals surface area contributed by atoms with Crippen molar-refractivity contribution in [1.29, 1.82) is 0 Å². The Morgan fingerprint density at radius 3 is 0.833 bits per heavy atom. The van der Waals surface area contributed by atoms with Gasteiger partial charge in [0, 0.05) is 0 Å². The zero-order chi connectivity index (χ0) is 17.9. The fraction of sp³-hybridized carbons (Fsp3) is 1.00. The fourth-order valence-corrected chi connectivity index (χ4v) is 3.67. The molecule has 0 aromatic heterocycles. The highest BCUT2D eigenvalue weighted by atomic mass is 15.1. The van der Waals surface area contributed by atoms with Gasteiger partial charge < -0.3 is 9.80 Å². The molecule has 0 heterocycles. The monoisotopic (exact) mass is 340 g/mol. The van der Waals surface area contributed by atoms with Gasteiger partial charge in [-0.05, 0) is 77.8 Å². The van der Waals surface area contributed by atoms with Crippen LogP contribution < -0.4 is 0 Å². The quantitative estimate of drug-likeness (QED) is 0.253. The average molecular weight is 341 g/mol. The molecule has 0 aromatic carbocycles. The van der Waals surface area contributed by atoms with E-state index in [0.29, 0.717) is 0 Å². The van der Waals surface area contributed by atoms with Gasteiger partial charge in [-0.3, -0.25) is 0 Å². The van der Waals surface area contributed by atoms with Crippen LogP contribution in [-0.2, 0) is 0 Å². The van der Waals surface area contributed by atoms with Gasteiger partial charge in [0.15, 0.2) is 0 Å². The summed E-state index contributed by atoms with van der Waals surface area (Å²) in [5.74, 6) is 0. The van der Waals surface area contributed by atoms with Gasteiger partial charge in [-0.25, -0.2) is 0 Å². The second-order valence-corrected chi connectivity index (χ2v) is 7.51. The van der Waals surface area contributed by atoms with Crippen molar-refractivity contribution in [2.24, 2.45) is 0 Å². The van der Waals surface area contributed by atoms with Crippen LogP contribution in [0.1, 0.15) is 105 Å². The minimum atomic E-state index is 1.29. The van der Waals surface area contributed by atoms with Crippen molar-refractivity contribution < 1.29 is 0 Å². The van der Waals surface area contributed by atoms with Gasteiger partial charge in [0.25, 0.3) is 0 Å². The maximum Gasteiger partial charge on any atom is -0.00187 e. The van der Waals surface area contributed by atoms with Crippen molar-refractivity contribution in [3.8, 4) is 0 Å². The van der Waals surface area contributed by atoms with Crippen molar-refractivity contribution in [3.63, 3.8) is 0 Å². The summed E-state index contributed by atoms with van der Waals surface area (Å²) >= 11 is 0. The molecular formula is C22H48N2. The SMILES string of the molecule is CCCN(CCC)CCCCCCCCCCN(CCC)CCC. The van der Waals surface area contributed by atoms with Crippen LogP contribution in [0.5, 0.6) is 0 Å². The highest BCUT2D eigenvalue weighted by Crippen LogP contribution is 2.10. The Labute approximate surface area is 154 Å². The molecule has 0 bridgehead atoms. The normalized spacial score (nSPS) is 11.8. The first-order valence-electron chi connectivity index (χ1n) is 11.2. The molecule has 0 aliphatic carbocycles. The van der Waals surface area contributed by atoms with Gasteiger partial charge in [-0.1, -0.05) is 66.2 Å². The molecule has 2 heteroatoms. The number of hydrogen-bond acceptors (Lipinski definition) is 2. The van der Waals surface area contributed by atoms with Crippen molar-refractivity contribution in [3.05, 3.63) is 0 Å². The van der Waals surface area contributed by atoms with Crippen molar-refractivity contribution in [2.75, 3.05) is 39.3 Å². The van der Waals surface area contributed by atoms with E-state index in [4.69, 9.17) is 0 Å². The van der Waals surface area contributed by atoms with Crippen LogP contribution >= 0.6 is 0 Å². The second kappa shape index (κ2) is 19.2. The van der Waals surface area contributed by atoms with E-state index >= 15 is 0 Å². The Hall–Kier alpha value is -0.0800. The first-order chi connectivity index (χ1) is 11.8. The van der Waals surface area contributed by atoms with Crippen molar-refractivity contribution in [2.45, 2.75) is 105 Å². The zero-order valence-corrected chi connectivity index (χ0v) is 17.6. The lowest BCUT2D eigenvalue weighted by molar-refractivity contribution is 0.266. The molecule has 0 spiro atoms. The molecule has 0 unspecified atom stereocenters. The molecule has 0 rings (SSSR count). The van der Waals surface area contributed by atoms with Crippen LogP contribution in [0.2, 0.25) is 0 Å². The molecule has 146 valence electrons. The Morgan fingerprint density at radius 2 is 0.583 bits per heavy atom. The largest absolute Gasteiger partial charge is 0.303 e. The van der Waals surface area contributed by atoms with Gasteiger partial charge in [-0.15, -0.1) is 0 Å². The van der Waals surface area contributed by atoms with E-state index in [9.17, 15) is 0 Å². The zero-order valence-electron chi connectivity index (χ0n) is 17.6. The molecule has 0 fully saturated rings. The van der Waals surface area contributed by atoms with E-state index in [1.165, 1.54) is 116 Å². The number of nitrogens with zero attached hydrogens (tertiary/aromatic N) is 2. The highest BCUT2D eigenvalue weighted by molar-refractivity contribution is 4.58. The van der Waals surface area contributed by atoms with Crippen LogP contribution in [0.25, 0.3) is 0 Å². The summed E-state index contributed by atoms with van der Waals surface area (Å²) in [7, 11) is 0. The summed E-state index contributed by atoms with van der Waals surface area (Å²) < 4.78 is 0. The molecule has 0 saturated carbocycles. The minimum absolute atomic E-state index is 1.29.